The Labute approximate surface area is 106 Å². The van der Waals surface area contributed by atoms with Gasteiger partial charge in [-0.05, 0) is 49.4 Å². The summed E-state index contributed by atoms with van der Waals surface area (Å²) in [6, 6.07) is 0.220. The minimum Gasteiger partial charge on any atom is -0.373 e. The standard InChI is InChI=1S/C15H29NO/c1-10-5-6-12(9-11(10)2)17-13-7-8-15(3,4)14(13)16/h10-14H,5-9,16H2,1-4H3. The SMILES string of the molecule is CC1CCC(OC2CCC(C)(C)C2N)CC1C. The van der Waals surface area contributed by atoms with E-state index in [1.54, 1.807) is 0 Å². The third-order valence-corrected chi connectivity index (χ3v) is 5.29. The summed E-state index contributed by atoms with van der Waals surface area (Å²) in [5, 5.41) is 0. The smallest absolute Gasteiger partial charge is 0.0735 e. The van der Waals surface area contributed by atoms with Gasteiger partial charge in [-0.2, -0.15) is 0 Å². The molecule has 0 amide bonds. The van der Waals surface area contributed by atoms with Crippen molar-refractivity contribution in [1.82, 2.24) is 0 Å². The Morgan fingerprint density at radius 1 is 1.06 bits per heavy atom. The molecule has 2 nitrogen and oxygen atoms in total. The summed E-state index contributed by atoms with van der Waals surface area (Å²) in [4.78, 5) is 0. The van der Waals surface area contributed by atoms with Gasteiger partial charge in [0, 0.05) is 6.04 Å². The zero-order chi connectivity index (χ0) is 12.6. The van der Waals surface area contributed by atoms with Crippen LogP contribution in [0, 0.1) is 17.3 Å². The van der Waals surface area contributed by atoms with Crippen molar-refractivity contribution in [3.63, 3.8) is 0 Å². The average molecular weight is 239 g/mol. The van der Waals surface area contributed by atoms with Crippen LogP contribution in [0.15, 0.2) is 0 Å². The minimum absolute atomic E-state index is 0.220. The first-order chi connectivity index (χ1) is 7.90. The molecule has 0 aromatic rings. The highest BCUT2D eigenvalue weighted by molar-refractivity contribution is 4.95. The minimum atomic E-state index is 0.220. The molecule has 2 saturated carbocycles. The first-order valence-corrected chi connectivity index (χ1v) is 7.31. The first kappa shape index (κ1) is 13.4. The average Bonchev–Trinajstić information content (AvgIpc) is 2.51. The lowest BCUT2D eigenvalue weighted by atomic mass is 9.80. The lowest BCUT2D eigenvalue weighted by Crippen LogP contribution is -2.43. The van der Waals surface area contributed by atoms with Crippen LogP contribution < -0.4 is 5.73 Å². The van der Waals surface area contributed by atoms with E-state index in [-0.39, 0.29) is 11.5 Å². The van der Waals surface area contributed by atoms with Gasteiger partial charge in [0.25, 0.3) is 0 Å². The normalized spacial score (nSPS) is 46.1. The summed E-state index contributed by atoms with van der Waals surface area (Å²) in [5.74, 6) is 1.67. The first-order valence-electron chi connectivity index (χ1n) is 7.31. The van der Waals surface area contributed by atoms with E-state index in [0.29, 0.717) is 12.2 Å². The Kier molecular flexibility index (Phi) is 3.84. The zero-order valence-electron chi connectivity index (χ0n) is 11.9. The molecule has 2 fully saturated rings. The monoisotopic (exact) mass is 239 g/mol. The predicted octanol–water partition coefficient (Wildman–Crippen LogP) is 3.34. The van der Waals surface area contributed by atoms with Gasteiger partial charge >= 0.3 is 0 Å². The lowest BCUT2D eigenvalue weighted by Gasteiger charge is -2.35. The Bertz CT molecular complexity index is 264. The second-order valence-electron chi connectivity index (χ2n) is 7.12. The molecule has 100 valence electrons. The molecule has 5 atom stereocenters. The van der Waals surface area contributed by atoms with E-state index in [1.165, 1.54) is 25.7 Å². The topological polar surface area (TPSA) is 35.2 Å². The molecule has 0 spiro atoms. The quantitative estimate of drug-likeness (QED) is 0.802. The van der Waals surface area contributed by atoms with Gasteiger partial charge in [0.1, 0.15) is 0 Å². The fourth-order valence-corrected chi connectivity index (χ4v) is 3.39. The summed E-state index contributed by atoms with van der Waals surface area (Å²) in [7, 11) is 0. The molecule has 2 aliphatic rings. The van der Waals surface area contributed by atoms with Gasteiger partial charge in [0.05, 0.1) is 12.2 Å². The Morgan fingerprint density at radius 3 is 2.29 bits per heavy atom. The maximum absolute atomic E-state index is 6.31. The Morgan fingerprint density at radius 2 is 1.76 bits per heavy atom. The number of ether oxygens (including phenoxy) is 1. The lowest BCUT2D eigenvalue weighted by molar-refractivity contribution is -0.0543. The van der Waals surface area contributed by atoms with E-state index in [4.69, 9.17) is 10.5 Å². The van der Waals surface area contributed by atoms with Crippen molar-refractivity contribution < 1.29 is 4.74 Å². The van der Waals surface area contributed by atoms with Gasteiger partial charge in [-0.1, -0.05) is 27.7 Å². The van der Waals surface area contributed by atoms with Crippen LogP contribution in [0.3, 0.4) is 0 Å². The molecule has 2 aliphatic carbocycles. The molecule has 0 aromatic carbocycles. The molecule has 2 N–H and O–H groups in total. The van der Waals surface area contributed by atoms with E-state index < -0.39 is 0 Å². The third-order valence-electron chi connectivity index (χ3n) is 5.29. The van der Waals surface area contributed by atoms with Gasteiger partial charge in [-0.3, -0.25) is 0 Å². The molecule has 0 heterocycles. The molecule has 0 saturated heterocycles. The van der Waals surface area contributed by atoms with Crippen LogP contribution in [0.5, 0.6) is 0 Å². The van der Waals surface area contributed by atoms with Crippen molar-refractivity contribution in [3.8, 4) is 0 Å². The highest BCUT2D eigenvalue weighted by atomic mass is 16.5. The van der Waals surface area contributed by atoms with Gasteiger partial charge in [0.2, 0.25) is 0 Å². The second kappa shape index (κ2) is 4.89. The van der Waals surface area contributed by atoms with Crippen LogP contribution in [0.4, 0.5) is 0 Å². The molecular weight excluding hydrogens is 210 g/mol. The molecule has 2 heteroatoms. The molecule has 0 radical (unpaired) electrons. The maximum Gasteiger partial charge on any atom is 0.0735 e. The molecule has 0 bridgehead atoms. The number of nitrogens with two attached hydrogens (primary N) is 1. The van der Waals surface area contributed by atoms with Crippen molar-refractivity contribution in [2.45, 2.75) is 78.0 Å². The van der Waals surface area contributed by atoms with Crippen LogP contribution in [0.25, 0.3) is 0 Å². The van der Waals surface area contributed by atoms with Crippen LogP contribution in [0.2, 0.25) is 0 Å². The molecule has 0 aromatic heterocycles. The van der Waals surface area contributed by atoms with E-state index in [0.717, 1.165) is 18.3 Å². The van der Waals surface area contributed by atoms with E-state index in [9.17, 15) is 0 Å². The van der Waals surface area contributed by atoms with Crippen LogP contribution in [-0.2, 0) is 4.74 Å². The Balaban J connectivity index is 1.86. The van der Waals surface area contributed by atoms with Gasteiger partial charge in [-0.15, -0.1) is 0 Å². The summed E-state index contributed by atoms with van der Waals surface area (Å²) in [6.07, 6.45) is 6.89. The van der Waals surface area contributed by atoms with Crippen LogP contribution >= 0.6 is 0 Å². The van der Waals surface area contributed by atoms with Crippen molar-refractivity contribution in [2.75, 3.05) is 0 Å². The highest BCUT2D eigenvalue weighted by Crippen LogP contribution is 2.40. The van der Waals surface area contributed by atoms with Gasteiger partial charge < -0.3 is 10.5 Å². The predicted molar refractivity (Wildman–Crippen MR) is 71.8 cm³/mol. The fourth-order valence-electron chi connectivity index (χ4n) is 3.39. The van der Waals surface area contributed by atoms with E-state index in [1.807, 2.05) is 0 Å². The third kappa shape index (κ3) is 2.85. The van der Waals surface area contributed by atoms with Crippen molar-refractivity contribution >= 4 is 0 Å². The number of rotatable bonds is 2. The van der Waals surface area contributed by atoms with Crippen molar-refractivity contribution in [1.29, 1.82) is 0 Å². The Hall–Kier alpha value is -0.0800. The number of hydrogen-bond acceptors (Lipinski definition) is 2. The van der Waals surface area contributed by atoms with Gasteiger partial charge in [0.15, 0.2) is 0 Å². The number of hydrogen-bond donors (Lipinski definition) is 1. The van der Waals surface area contributed by atoms with E-state index in [2.05, 4.69) is 27.7 Å². The van der Waals surface area contributed by atoms with Gasteiger partial charge in [-0.25, -0.2) is 0 Å². The van der Waals surface area contributed by atoms with Crippen LogP contribution in [0.1, 0.15) is 59.8 Å². The van der Waals surface area contributed by atoms with Crippen LogP contribution in [-0.4, -0.2) is 18.2 Å². The molecular formula is C15H29NO. The molecule has 5 unspecified atom stereocenters. The summed E-state index contributed by atoms with van der Waals surface area (Å²) >= 11 is 0. The summed E-state index contributed by atoms with van der Waals surface area (Å²) < 4.78 is 6.29. The largest absolute Gasteiger partial charge is 0.373 e. The molecule has 0 aliphatic heterocycles. The summed E-state index contributed by atoms with van der Waals surface area (Å²) in [6.45, 7) is 9.27. The fraction of sp³-hybridized carbons (Fsp3) is 1.00. The maximum atomic E-state index is 6.31. The molecule has 17 heavy (non-hydrogen) atoms. The van der Waals surface area contributed by atoms with E-state index >= 15 is 0 Å². The second-order valence-corrected chi connectivity index (χ2v) is 7.12. The van der Waals surface area contributed by atoms with Crippen molar-refractivity contribution in [3.05, 3.63) is 0 Å². The summed E-state index contributed by atoms with van der Waals surface area (Å²) in [5.41, 5.74) is 6.57. The zero-order valence-corrected chi connectivity index (χ0v) is 11.9. The highest BCUT2D eigenvalue weighted by Gasteiger charge is 2.41. The molecule has 2 rings (SSSR count). The van der Waals surface area contributed by atoms with Crippen molar-refractivity contribution in [2.24, 2.45) is 23.0 Å².